The van der Waals surface area contributed by atoms with Crippen molar-refractivity contribution in [3.8, 4) is 11.8 Å². The molecule has 1 aromatic carbocycles. The molecule has 2 aromatic heterocycles. The highest BCUT2D eigenvalue weighted by Crippen LogP contribution is 2.30. The molecule has 0 saturated heterocycles. The van der Waals surface area contributed by atoms with Gasteiger partial charge in [-0.25, -0.2) is 0 Å². The van der Waals surface area contributed by atoms with Crippen molar-refractivity contribution in [1.82, 2.24) is 20.6 Å². The monoisotopic (exact) mass is 520 g/mol. The Bertz CT molecular complexity index is 1250. The molecule has 0 aliphatic heterocycles. The van der Waals surface area contributed by atoms with Gasteiger partial charge in [-0.3, -0.25) is 24.4 Å². The Morgan fingerprint density at radius 1 is 1.00 bits per heavy atom. The minimum absolute atomic E-state index is 0.0668. The maximum Gasteiger partial charge on any atom is 0.270 e. The molecule has 9 nitrogen and oxygen atoms in total. The first-order chi connectivity index (χ1) is 18.1. The van der Waals surface area contributed by atoms with Crippen molar-refractivity contribution in [2.45, 2.75) is 65.5 Å². The summed E-state index contributed by atoms with van der Waals surface area (Å²) in [7, 11) is 0. The fourth-order valence-electron chi connectivity index (χ4n) is 4.23. The van der Waals surface area contributed by atoms with Crippen molar-refractivity contribution in [3.63, 3.8) is 0 Å². The molecule has 2 atom stereocenters. The number of benzene rings is 1. The molecule has 2 heterocycles. The SMILES string of the molecule is CCCCc1ccc(C(=O)N[C@@H](CC(=O)N[C@@H](C(=O)c2c(O)[nH]c(O)c2C)C(C)C)c2ccccc2)nc1. The van der Waals surface area contributed by atoms with Gasteiger partial charge in [0.05, 0.1) is 24.1 Å². The summed E-state index contributed by atoms with van der Waals surface area (Å²) in [6, 6.07) is 11.0. The van der Waals surface area contributed by atoms with Gasteiger partial charge >= 0.3 is 0 Å². The Balaban J connectivity index is 1.76. The molecule has 202 valence electrons. The number of H-pyrrole nitrogens is 1. The summed E-state index contributed by atoms with van der Waals surface area (Å²) in [6.45, 7) is 7.16. The number of amides is 2. The van der Waals surface area contributed by atoms with E-state index in [9.17, 15) is 24.6 Å². The van der Waals surface area contributed by atoms with Crippen LogP contribution in [0.25, 0.3) is 0 Å². The van der Waals surface area contributed by atoms with E-state index in [1.54, 1.807) is 26.1 Å². The molecular weight excluding hydrogens is 484 g/mol. The second-order valence-corrected chi connectivity index (χ2v) is 9.77. The number of aromatic hydroxyl groups is 2. The lowest BCUT2D eigenvalue weighted by molar-refractivity contribution is -0.122. The Labute approximate surface area is 222 Å². The van der Waals surface area contributed by atoms with E-state index >= 15 is 0 Å². The van der Waals surface area contributed by atoms with E-state index in [1.165, 1.54) is 6.92 Å². The molecule has 0 aliphatic carbocycles. The molecule has 3 rings (SSSR count). The molecule has 3 aromatic rings. The van der Waals surface area contributed by atoms with Gasteiger partial charge in [-0.15, -0.1) is 0 Å². The number of aromatic nitrogens is 2. The zero-order chi connectivity index (χ0) is 27.8. The van der Waals surface area contributed by atoms with Crippen LogP contribution in [-0.4, -0.2) is 43.8 Å². The number of aromatic amines is 1. The van der Waals surface area contributed by atoms with Crippen molar-refractivity contribution in [2.24, 2.45) is 5.92 Å². The van der Waals surface area contributed by atoms with Gasteiger partial charge in [0.1, 0.15) is 5.69 Å². The lowest BCUT2D eigenvalue weighted by Crippen LogP contribution is -2.45. The molecule has 9 heteroatoms. The van der Waals surface area contributed by atoms with Crippen molar-refractivity contribution in [1.29, 1.82) is 0 Å². The third-order valence-corrected chi connectivity index (χ3v) is 6.49. The highest BCUT2D eigenvalue weighted by atomic mass is 16.3. The molecule has 2 amide bonds. The summed E-state index contributed by atoms with van der Waals surface area (Å²) in [5.41, 5.74) is 2.17. The number of Topliss-reactive ketones (excluding diaryl/α,β-unsaturated/α-hetero) is 1. The van der Waals surface area contributed by atoms with Gasteiger partial charge in [-0.2, -0.15) is 0 Å². The zero-order valence-electron chi connectivity index (χ0n) is 22.2. The number of aryl methyl sites for hydroxylation is 1. The molecular formula is C29H36N4O5. The van der Waals surface area contributed by atoms with Crippen LogP contribution in [0.15, 0.2) is 48.7 Å². The van der Waals surface area contributed by atoms with Crippen LogP contribution in [-0.2, 0) is 11.2 Å². The summed E-state index contributed by atoms with van der Waals surface area (Å²) in [4.78, 5) is 46.0. The number of hydrogen-bond donors (Lipinski definition) is 5. The first kappa shape index (κ1) is 28.4. The van der Waals surface area contributed by atoms with E-state index in [1.807, 2.05) is 36.4 Å². The summed E-state index contributed by atoms with van der Waals surface area (Å²) >= 11 is 0. The third-order valence-electron chi connectivity index (χ3n) is 6.49. The lowest BCUT2D eigenvalue weighted by atomic mass is 9.93. The van der Waals surface area contributed by atoms with Crippen LogP contribution in [0.1, 0.15) is 83.6 Å². The number of hydrogen-bond acceptors (Lipinski definition) is 6. The van der Waals surface area contributed by atoms with Gasteiger partial charge < -0.3 is 20.8 Å². The second-order valence-electron chi connectivity index (χ2n) is 9.77. The molecule has 0 saturated carbocycles. The van der Waals surface area contributed by atoms with Crippen LogP contribution in [0.5, 0.6) is 11.8 Å². The standard InChI is InChI=1S/C29H36N4O5/c1-5-6-10-19-13-14-21(30-16-19)28(37)31-22(20-11-8-7-9-12-20)15-23(34)32-25(17(2)3)26(35)24-18(4)27(36)33-29(24)38/h7-9,11-14,16-17,22,25,33,36,38H,5-6,10,15H2,1-4H3,(H,31,37)(H,32,34)/t22-,25+/m0/s1. The Morgan fingerprint density at radius 3 is 2.26 bits per heavy atom. The Morgan fingerprint density at radius 2 is 1.71 bits per heavy atom. The number of nitrogens with one attached hydrogen (secondary N) is 3. The summed E-state index contributed by atoms with van der Waals surface area (Å²) < 4.78 is 0. The highest BCUT2D eigenvalue weighted by Gasteiger charge is 2.31. The van der Waals surface area contributed by atoms with E-state index in [0.29, 0.717) is 0 Å². The second kappa shape index (κ2) is 12.9. The average molecular weight is 521 g/mol. The summed E-state index contributed by atoms with van der Waals surface area (Å²) in [6.07, 6.45) is 4.59. The number of ketones is 1. The maximum absolute atomic E-state index is 13.2. The fraction of sp³-hybridized carbons (Fsp3) is 0.379. The predicted octanol–water partition coefficient (Wildman–Crippen LogP) is 4.36. The number of unbranched alkanes of at least 4 members (excludes halogenated alkanes) is 1. The van der Waals surface area contributed by atoms with Crippen LogP contribution in [0, 0.1) is 12.8 Å². The third kappa shape index (κ3) is 7.00. The van der Waals surface area contributed by atoms with Crippen molar-refractivity contribution in [3.05, 3.63) is 76.6 Å². The molecule has 5 N–H and O–H groups in total. The first-order valence-electron chi connectivity index (χ1n) is 12.9. The molecule has 0 unspecified atom stereocenters. The zero-order valence-corrected chi connectivity index (χ0v) is 22.2. The van der Waals surface area contributed by atoms with Gasteiger partial charge in [0.2, 0.25) is 11.8 Å². The van der Waals surface area contributed by atoms with Crippen molar-refractivity contribution >= 4 is 17.6 Å². The van der Waals surface area contributed by atoms with Gasteiger partial charge in [0.25, 0.3) is 5.91 Å². The number of carbonyl (C=O) groups excluding carboxylic acids is 3. The van der Waals surface area contributed by atoms with Gasteiger partial charge in [0.15, 0.2) is 11.7 Å². The highest BCUT2D eigenvalue weighted by molar-refractivity contribution is 6.05. The number of nitrogens with zero attached hydrogens (tertiary/aromatic N) is 1. The van der Waals surface area contributed by atoms with E-state index in [0.717, 1.165) is 30.4 Å². The molecule has 0 radical (unpaired) electrons. The van der Waals surface area contributed by atoms with Crippen LogP contribution < -0.4 is 10.6 Å². The van der Waals surface area contributed by atoms with Crippen LogP contribution >= 0.6 is 0 Å². The quantitative estimate of drug-likeness (QED) is 0.225. The van der Waals surface area contributed by atoms with Crippen molar-refractivity contribution < 1.29 is 24.6 Å². The van der Waals surface area contributed by atoms with Crippen molar-refractivity contribution in [2.75, 3.05) is 0 Å². The minimum Gasteiger partial charge on any atom is -0.494 e. The van der Waals surface area contributed by atoms with Crippen LogP contribution in [0.3, 0.4) is 0 Å². The normalized spacial score (nSPS) is 12.7. The van der Waals surface area contributed by atoms with E-state index < -0.39 is 35.6 Å². The number of rotatable bonds is 12. The predicted molar refractivity (Wildman–Crippen MR) is 144 cm³/mol. The summed E-state index contributed by atoms with van der Waals surface area (Å²) in [5.74, 6) is -2.44. The average Bonchev–Trinajstić information content (AvgIpc) is 3.16. The van der Waals surface area contributed by atoms with Gasteiger partial charge in [-0.05, 0) is 42.9 Å². The van der Waals surface area contributed by atoms with Gasteiger partial charge in [-0.1, -0.05) is 63.6 Å². The number of pyridine rings is 1. The van der Waals surface area contributed by atoms with Crippen LogP contribution in [0.4, 0.5) is 0 Å². The lowest BCUT2D eigenvalue weighted by Gasteiger charge is -2.24. The van der Waals surface area contributed by atoms with E-state index in [4.69, 9.17) is 0 Å². The molecule has 38 heavy (non-hydrogen) atoms. The van der Waals surface area contributed by atoms with E-state index in [2.05, 4.69) is 27.5 Å². The number of carbonyl (C=O) groups is 3. The Hall–Kier alpha value is -4.14. The van der Waals surface area contributed by atoms with Gasteiger partial charge in [0, 0.05) is 11.8 Å². The van der Waals surface area contributed by atoms with E-state index in [-0.39, 0.29) is 35.0 Å². The maximum atomic E-state index is 13.2. The molecule has 0 spiro atoms. The topological polar surface area (TPSA) is 144 Å². The molecule has 0 aliphatic rings. The molecule has 0 fully saturated rings. The molecule has 0 bridgehead atoms. The Kier molecular flexibility index (Phi) is 9.65. The van der Waals surface area contributed by atoms with Crippen LogP contribution in [0.2, 0.25) is 0 Å². The fourth-order valence-corrected chi connectivity index (χ4v) is 4.23. The minimum atomic E-state index is -0.952. The largest absolute Gasteiger partial charge is 0.494 e. The summed E-state index contributed by atoms with van der Waals surface area (Å²) in [5, 5.41) is 25.6. The first-order valence-corrected chi connectivity index (χ1v) is 12.9. The smallest absolute Gasteiger partial charge is 0.270 e.